The third-order valence-corrected chi connectivity index (χ3v) is 2.68. The third-order valence-electron chi connectivity index (χ3n) is 2.68. The fraction of sp³-hybridized carbons (Fsp3) is 0.909. The summed E-state index contributed by atoms with van der Waals surface area (Å²) in [6.45, 7) is 5.71. The largest absolute Gasteiger partial charge is 0.444 e. The number of rotatable bonds is 3. The Kier molecular flexibility index (Phi) is 3.94. The molecule has 88 valence electrons. The average Bonchev–Trinajstić information content (AvgIpc) is 1.99. The highest BCUT2D eigenvalue weighted by Crippen LogP contribution is 2.33. The maximum atomic E-state index is 12.3. The molecule has 4 heteroatoms. The van der Waals surface area contributed by atoms with Gasteiger partial charge in [0.2, 0.25) is 0 Å². The maximum absolute atomic E-state index is 12.3. The van der Waals surface area contributed by atoms with Gasteiger partial charge in [-0.1, -0.05) is 0 Å². The van der Waals surface area contributed by atoms with Crippen molar-refractivity contribution in [2.45, 2.75) is 39.2 Å². The lowest BCUT2D eigenvalue weighted by Crippen LogP contribution is -2.40. The van der Waals surface area contributed by atoms with Crippen LogP contribution in [0, 0.1) is 11.8 Å². The molecule has 0 aromatic rings. The number of carbonyl (C=O) groups excluding carboxylic acids is 1. The molecule has 0 unspecified atom stereocenters. The highest BCUT2D eigenvalue weighted by molar-refractivity contribution is 5.67. The van der Waals surface area contributed by atoms with Gasteiger partial charge in [0.05, 0.1) is 6.67 Å². The molecule has 0 aromatic carbocycles. The van der Waals surface area contributed by atoms with Gasteiger partial charge >= 0.3 is 6.09 Å². The van der Waals surface area contributed by atoms with E-state index in [1.165, 1.54) is 0 Å². The van der Waals surface area contributed by atoms with Crippen LogP contribution in [0.4, 0.5) is 9.18 Å². The molecule has 0 radical (unpaired) electrons. The highest BCUT2D eigenvalue weighted by atomic mass is 19.1. The summed E-state index contributed by atoms with van der Waals surface area (Å²) in [6.07, 6.45) is 1.54. The Hall–Kier alpha value is -0.800. The van der Waals surface area contributed by atoms with E-state index in [1.807, 2.05) is 20.8 Å². The second-order valence-corrected chi connectivity index (χ2v) is 5.13. The predicted octanol–water partition coefficient (Wildman–Crippen LogP) is 2.51. The van der Waals surface area contributed by atoms with Gasteiger partial charge in [-0.05, 0) is 45.4 Å². The number of nitrogens with one attached hydrogen (secondary N) is 1. The molecule has 1 fully saturated rings. The lowest BCUT2D eigenvalue weighted by atomic mass is 9.74. The van der Waals surface area contributed by atoms with E-state index < -0.39 is 11.7 Å². The lowest BCUT2D eigenvalue weighted by Gasteiger charge is -2.34. The van der Waals surface area contributed by atoms with Gasteiger partial charge in [0, 0.05) is 6.54 Å². The quantitative estimate of drug-likeness (QED) is 0.788. The fourth-order valence-corrected chi connectivity index (χ4v) is 1.64. The predicted molar refractivity (Wildman–Crippen MR) is 56.4 cm³/mol. The molecule has 0 aromatic heterocycles. The number of amides is 1. The first-order chi connectivity index (χ1) is 6.92. The number of carbonyl (C=O) groups is 1. The van der Waals surface area contributed by atoms with E-state index in [1.54, 1.807) is 0 Å². The first-order valence-electron chi connectivity index (χ1n) is 5.45. The molecular formula is C11H20FNO2. The lowest BCUT2D eigenvalue weighted by molar-refractivity contribution is 0.0480. The molecule has 1 N–H and O–H groups in total. The Morgan fingerprint density at radius 2 is 2.00 bits per heavy atom. The summed E-state index contributed by atoms with van der Waals surface area (Å²) in [5, 5.41) is 2.68. The maximum Gasteiger partial charge on any atom is 0.407 e. The van der Waals surface area contributed by atoms with Crippen LogP contribution in [0.2, 0.25) is 0 Å². The number of hydrogen-bond donors (Lipinski definition) is 1. The molecule has 1 aliphatic rings. The van der Waals surface area contributed by atoms with Gasteiger partial charge in [-0.2, -0.15) is 0 Å². The number of halogens is 1. The van der Waals surface area contributed by atoms with Gasteiger partial charge in [0.15, 0.2) is 0 Å². The second kappa shape index (κ2) is 4.81. The van der Waals surface area contributed by atoms with Crippen molar-refractivity contribution in [3.8, 4) is 0 Å². The summed E-state index contributed by atoms with van der Waals surface area (Å²) in [7, 11) is 0. The summed E-state index contributed by atoms with van der Waals surface area (Å²) in [5.74, 6) is 0.433. The minimum atomic E-state index is -0.469. The Bertz CT molecular complexity index is 223. The van der Waals surface area contributed by atoms with Crippen molar-refractivity contribution in [2.75, 3.05) is 13.2 Å². The van der Waals surface area contributed by atoms with E-state index in [0.717, 1.165) is 12.8 Å². The van der Waals surface area contributed by atoms with Crippen LogP contribution in [0.3, 0.4) is 0 Å². The molecule has 0 saturated heterocycles. The standard InChI is InChI=1S/C11H20FNO2/c1-11(2,3)15-10(14)13-7-9-5-4-8(9)6-12/h8-9H,4-7H2,1-3H3,(H,13,14)/t8-,9+/m0/s1. The monoisotopic (exact) mass is 217 g/mol. The van der Waals surface area contributed by atoms with E-state index in [2.05, 4.69) is 5.32 Å². The molecule has 1 amide bonds. The van der Waals surface area contributed by atoms with Gasteiger partial charge in [-0.25, -0.2) is 4.79 Å². The van der Waals surface area contributed by atoms with Crippen LogP contribution in [0.5, 0.6) is 0 Å². The van der Waals surface area contributed by atoms with E-state index in [9.17, 15) is 9.18 Å². The third kappa shape index (κ3) is 4.06. The molecule has 0 aliphatic heterocycles. The smallest absolute Gasteiger partial charge is 0.407 e. The molecule has 0 bridgehead atoms. The van der Waals surface area contributed by atoms with E-state index >= 15 is 0 Å². The van der Waals surface area contributed by atoms with Crippen molar-refractivity contribution >= 4 is 6.09 Å². The molecule has 15 heavy (non-hydrogen) atoms. The SMILES string of the molecule is CC(C)(C)OC(=O)NC[C@H]1CC[C@H]1CF. The van der Waals surface area contributed by atoms with Gasteiger partial charge in [-0.3, -0.25) is 4.39 Å². The first kappa shape index (κ1) is 12.3. The molecule has 0 spiro atoms. The summed E-state index contributed by atoms with van der Waals surface area (Å²) < 4.78 is 17.4. The van der Waals surface area contributed by atoms with Crippen molar-refractivity contribution < 1.29 is 13.9 Å². The van der Waals surface area contributed by atoms with Gasteiger partial charge in [0.25, 0.3) is 0 Å². The first-order valence-corrected chi connectivity index (χ1v) is 5.45. The van der Waals surface area contributed by atoms with Crippen LogP contribution >= 0.6 is 0 Å². The molecule has 1 aliphatic carbocycles. The van der Waals surface area contributed by atoms with Crippen molar-refractivity contribution in [1.29, 1.82) is 0 Å². The van der Waals surface area contributed by atoms with Crippen LogP contribution < -0.4 is 5.32 Å². The molecule has 2 atom stereocenters. The molecule has 1 saturated carbocycles. The summed E-state index contributed by atoms with van der Waals surface area (Å²) in [5.41, 5.74) is -0.469. The fourth-order valence-electron chi connectivity index (χ4n) is 1.64. The van der Waals surface area contributed by atoms with Crippen molar-refractivity contribution in [2.24, 2.45) is 11.8 Å². The van der Waals surface area contributed by atoms with Gasteiger partial charge < -0.3 is 10.1 Å². The summed E-state index contributed by atoms with van der Waals surface area (Å²) in [6, 6.07) is 0. The van der Waals surface area contributed by atoms with Crippen molar-refractivity contribution in [1.82, 2.24) is 5.32 Å². The van der Waals surface area contributed by atoms with Crippen LogP contribution in [0.15, 0.2) is 0 Å². The minimum Gasteiger partial charge on any atom is -0.444 e. The van der Waals surface area contributed by atoms with E-state index in [-0.39, 0.29) is 12.6 Å². The van der Waals surface area contributed by atoms with Crippen LogP contribution in [0.25, 0.3) is 0 Å². The Balaban J connectivity index is 2.17. The van der Waals surface area contributed by atoms with Crippen LogP contribution in [-0.2, 0) is 4.74 Å². The zero-order valence-corrected chi connectivity index (χ0v) is 9.68. The molecular weight excluding hydrogens is 197 g/mol. The zero-order chi connectivity index (χ0) is 11.5. The molecule has 1 rings (SSSR count). The zero-order valence-electron chi connectivity index (χ0n) is 9.68. The number of hydrogen-bond acceptors (Lipinski definition) is 2. The van der Waals surface area contributed by atoms with Crippen LogP contribution in [0.1, 0.15) is 33.6 Å². The number of ether oxygens (including phenoxy) is 1. The van der Waals surface area contributed by atoms with Crippen molar-refractivity contribution in [3.63, 3.8) is 0 Å². The summed E-state index contributed by atoms with van der Waals surface area (Å²) in [4.78, 5) is 11.3. The summed E-state index contributed by atoms with van der Waals surface area (Å²) >= 11 is 0. The Morgan fingerprint density at radius 3 is 2.40 bits per heavy atom. The molecule has 3 nitrogen and oxygen atoms in total. The number of alkyl halides is 1. The second-order valence-electron chi connectivity index (χ2n) is 5.13. The van der Waals surface area contributed by atoms with Crippen molar-refractivity contribution in [3.05, 3.63) is 0 Å². The van der Waals surface area contributed by atoms with E-state index in [0.29, 0.717) is 12.5 Å². The minimum absolute atomic E-state index is 0.139. The topological polar surface area (TPSA) is 38.3 Å². The van der Waals surface area contributed by atoms with E-state index in [4.69, 9.17) is 4.74 Å². The normalized spacial score (nSPS) is 25.6. The van der Waals surface area contributed by atoms with Crippen LogP contribution in [-0.4, -0.2) is 24.9 Å². The Morgan fingerprint density at radius 1 is 1.40 bits per heavy atom. The number of alkyl carbamates (subject to hydrolysis) is 1. The molecule has 0 heterocycles. The average molecular weight is 217 g/mol. The Labute approximate surface area is 90.4 Å². The highest BCUT2D eigenvalue weighted by Gasteiger charge is 2.31. The van der Waals surface area contributed by atoms with Gasteiger partial charge in [0.1, 0.15) is 5.60 Å². The van der Waals surface area contributed by atoms with Gasteiger partial charge in [-0.15, -0.1) is 0 Å².